The first-order chi connectivity index (χ1) is 13.3. The van der Waals surface area contributed by atoms with Gasteiger partial charge in [0, 0.05) is 17.5 Å². The van der Waals surface area contributed by atoms with Gasteiger partial charge in [-0.1, -0.05) is 0 Å². The quantitative estimate of drug-likeness (QED) is 0.337. The van der Waals surface area contributed by atoms with Gasteiger partial charge in [-0.05, 0) is 65.7 Å². The van der Waals surface area contributed by atoms with Crippen LogP contribution in [0.1, 0.15) is 30.0 Å². The molecule has 8 nitrogen and oxygen atoms in total. The Morgan fingerprint density at radius 3 is 2.75 bits per heavy atom. The van der Waals surface area contributed by atoms with E-state index < -0.39 is 10.8 Å². The molecule has 1 N–H and O–H groups in total. The summed E-state index contributed by atoms with van der Waals surface area (Å²) in [4.78, 5) is 22.5. The number of rotatable bonds is 6. The second kappa shape index (κ2) is 8.22. The number of non-ortho nitro benzene ring substituents is 1. The summed E-state index contributed by atoms with van der Waals surface area (Å²) >= 11 is 3.43. The Morgan fingerprint density at radius 2 is 2.07 bits per heavy atom. The number of halogens is 1. The summed E-state index contributed by atoms with van der Waals surface area (Å²) in [6.07, 6.45) is 1.54. The number of ether oxygens (including phenoxy) is 1. The van der Waals surface area contributed by atoms with Crippen LogP contribution in [0.25, 0.3) is 11.0 Å². The van der Waals surface area contributed by atoms with Gasteiger partial charge in [-0.25, -0.2) is 5.43 Å². The number of nitrogens with one attached hydrogen (secondary N) is 1. The number of nitro groups is 1. The number of carbonyl (C=O) groups excluding carboxylic acids is 1. The van der Waals surface area contributed by atoms with Gasteiger partial charge < -0.3 is 9.15 Å². The maximum atomic E-state index is 12.2. The zero-order chi connectivity index (χ0) is 20.3. The molecule has 1 aromatic heterocycles. The summed E-state index contributed by atoms with van der Waals surface area (Å²) in [7, 11) is 0. The molecule has 0 radical (unpaired) electrons. The van der Waals surface area contributed by atoms with E-state index in [9.17, 15) is 14.9 Å². The average molecular weight is 446 g/mol. The fourth-order valence-corrected chi connectivity index (χ4v) is 2.91. The predicted molar refractivity (Wildman–Crippen MR) is 108 cm³/mol. The summed E-state index contributed by atoms with van der Waals surface area (Å²) < 4.78 is 11.8. The lowest BCUT2D eigenvalue weighted by molar-refractivity contribution is -0.384. The van der Waals surface area contributed by atoms with E-state index in [1.54, 1.807) is 12.1 Å². The molecule has 0 aliphatic carbocycles. The number of benzene rings is 2. The first-order valence-electron chi connectivity index (χ1n) is 8.31. The molecule has 0 saturated carbocycles. The van der Waals surface area contributed by atoms with Crippen molar-refractivity contribution in [1.82, 2.24) is 5.43 Å². The molecule has 1 heterocycles. The fraction of sp³-hybridized carbons (Fsp3) is 0.158. The molecule has 0 atom stereocenters. The van der Waals surface area contributed by atoms with Crippen molar-refractivity contribution in [3.05, 3.63) is 68.4 Å². The van der Waals surface area contributed by atoms with Crippen LogP contribution in [0.3, 0.4) is 0 Å². The highest BCUT2D eigenvalue weighted by Crippen LogP contribution is 2.26. The number of hydrogen-bond donors (Lipinski definition) is 1. The van der Waals surface area contributed by atoms with Gasteiger partial charge in [0.1, 0.15) is 11.3 Å². The number of carbonyl (C=O) groups is 1. The molecule has 0 aliphatic rings. The molecule has 0 unspecified atom stereocenters. The van der Waals surface area contributed by atoms with Crippen molar-refractivity contribution < 1.29 is 18.9 Å². The third-order valence-electron chi connectivity index (χ3n) is 3.63. The van der Waals surface area contributed by atoms with Crippen molar-refractivity contribution in [2.45, 2.75) is 20.0 Å². The Morgan fingerprint density at radius 1 is 1.29 bits per heavy atom. The zero-order valence-corrected chi connectivity index (χ0v) is 16.6. The van der Waals surface area contributed by atoms with Gasteiger partial charge in [0.25, 0.3) is 5.69 Å². The molecule has 28 heavy (non-hydrogen) atoms. The lowest BCUT2D eigenvalue weighted by atomic mass is 10.2. The third-order valence-corrected chi connectivity index (χ3v) is 4.25. The van der Waals surface area contributed by atoms with Crippen LogP contribution in [0.2, 0.25) is 0 Å². The number of fused-ring (bicyclic) bond motifs is 1. The molecule has 0 spiro atoms. The van der Waals surface area contributed by atoms with E-state index in [-0.39, 0.29) is 17.6 Å². The van der Waals surface area contributed by atoms with E-state index in [1.807, 2.05) is 19.9 Å². The molecule has 0 aliphatic heterocycles. The molecule has 2 aromatic carbocycles. The number of nitro benzene ring substituents is 1. The minimum Gasteiger partial charge on any atom is -0.490 e. The molecule has 0 saturated heterocycles. The van der Waals surface area contributed by atoms with E-state index in [2.05, 4.69) is 26.5 Å². The van der Waals surface area contributed by atoms with Crippen LogP contribution in [0, 0.1) is 10.1 Å². The molecule has 3 aromatic rings. The Hall–Kier alpha value is -3.20. The van der Waals surface area contributed by atoms with Gasteiger partial charge in [0.15, 0.2) is 5.76 Å². The highest BCUT2D eigenvalue weighted by atomic mass is 79.9. The molecule has 3 rings (SSSR count). The Bertz CT molecular complexity index is 1070. The Balaban J connectivity index is 1.69. The summed E-state index contributed by atoms with van der Waals surface area (Å²) in [5, 5.41) is 15.2. The molecule has 9 heteroatoms. The molecule has 1 amide bonds. The number of nitrogens with zero attached hydrogens (tertiary/aromatic N) is 2. The number of hydrazone groups is 1. The Kier molecular flexibility index (Phi) is 5.74. The molecule has 0 fully saturated rings. The van der Waals surface area contributed by atoms with E-state index in [1.165, 1.54) is 30.5 Å². The van der Waals surface area contributed by atoms with Crippen molar-refractivity contribution in [1.29, 1.82) is 0 Å². The molecular formula is C19H16BrN3O5. The van der Waals surface area contributed by atoms with Crippen LogP contribution < -0.4 is 10.2 Å². The normalized spacial score (nSPS) is 11.3. The van der Waals surface area contributed by atoms with Crippen molar-refractivity contribution in [3.8, 4) is 5.75 Å². The van der Waals surface area contributed by atoms with Gasteiger partial charge in [0.05, 0.1) is 21.7 Å². The van der Waals surface area contributed by atoms with E-state index in [0.717, 1.165) is 10.0 Å². The smallest absolute Gasteiger partial charge is 0.307 e. The van der Waals surface area contributed by atoms with Gasteiger partial charge in [-0.2, -0.15) is 5.10 Å². The topological polar surface area (TPSA) is 107 Å². The van der Waals surface area contributed by atoms with Gasteiger partial charge >= 0.3 is 5.91 Å². The summed E-state index contributed by atoms with van der Waals surface area (Å²) in [5.41, 5.74) is 3.43. The second-order valence-electron chi connectivity index (χ2n) is 6.15. The van der Waals surface area contributed by atoms with Crippen molar-refractivity contribution >= 4 is 44.7 Å². The molecule has 144 valence electrons. The monoisotopic (exact) mass is 445 g/mol. The summed E-state index contributed by atoms with van der Waals surface area (Å²) in [6, 6.07) is 11.0. The summed E-state index contributed by atoms with van der Waals surface area (Å²) in [5.74, 6) is 0.163. The van der Waals surface area contributed by atoms with E-state index >= 15 is 0 Å². The van der Waals surface area contributed by atoms with Gasteiger partial charge in [0.2, 0.25) is 0 Å². The highest BCUT2D eigenvalue weighted by Gasteiger charge is 2.14. The zero-order valence-electron chi connectivity index (χ0n) is 15.0. The maximum absolute atomic E-state index is 12.2. The van der Waals surface area contributed by atoms with E-state index in [4.69, 9.17) is 9.15 Å². The Labute approximate surface area is 168 Å². The van der Waals surface area contributed by atoms with Crippen molar-refractivity contribution in [2.24, 2.45) is 5.10 Å². The number of furan rings is 1. The number of amides is 1. The lowest BCUT2D eigenvalue weighted by Gasteiger charge is -2.11. The van der Waals surface area contributed by atoms with Crippen LogP contribution in [0.15, 0.2) is 56.5 Å². The maximum Gasteiger partial charge on any atom is 0.307 e. The van der Waals surface area contributed by atoms with Crippen molar-refractivity contribution in [2.75, 3.05) is 0 Å². The van der Waals surface area contributed by atoms with E-state index in [0.29, 0.717) is 16.7 Å². The van der Waals surface area contributed by atoms with Crippen molar-refractivity contribution in [3.63, 3.8) is 0 Å². The van der Waals surface area contributed by atoms with Crippen LogP contribution in [0.5, 0.6) is 5.75 Å². The standard InChI is InChI=1S/C19H16BrN3O5/c1-11(2)27-17-5-3-12(7-15(17)20)10-21-22-19(24)18-9-13-8-14(23(25)26)4-6-16(13)28-18/h3-11H,1-2H3,(H,22,24)/b21-10+. The third kappa shape index (κ3) is 4.55. The SMILES string of the molecule is CC(C)Oc1ccc(/C=N/NC(=O)c2cc3cc([N+](=O)[O-])ccc3o2)cc1Br. The van der Waals surface area contributed by atoms with Crippen LogP contribution in [-0.4, -0.2) is 23.1 Å². The minimum atomic E-state index is -0.561. The highest BCUT2D eigenvalue weighted by molar-refractivity contribution is 9.10. The minimum absolute atomic E-state index is 0.00881. The predicted octanol–water partition coefficient (Wildman–Crippen LogP) is 4.65. The van der Waals surface area contributed by atoms with Crippen LogP contribution in [0.4, 0.5) is 5.69 Å². The second-order valence-corrected chi connectivity index (χ2v) is 7.00. The summed E-state index contributed by atoms with van der Waals surface area (Å²) in [6.45, 7) is 3.88. The molecule has 0 bridgehead atoms. The lowest BCUT2D eigenvalue weighted by Crippen LogP contribution is -2.16. The van der Waals surface area contributed by atoms with Crippen LogP contribution in [-0.2, 0) is 0 Å². The fourth-order valence-electron chi connectivity index (χ4n) is 2.42. The first kappa shape index (κ1) is 19.6. The largest absolute Gasteiger partial charge is 0.490 e. The average Bonchev–Trinajstić information content (AvgIpc) is 3.07. The number of hydrogen-bond acceptors (Lipinski definition) is 6. The molecular weight excluding hydrogens is 430 g/mol. The van der Waals surface area contributed by atoms with Crippen LogP contribution >= 0.6 is 15.9 Å². The van der Waals surface area contributed by atoms with Gasteiger partial charge in [-0.15, -0.1) is 0 Å². The first-order valence-corrected chi connectivity index (χ1v) is 9.10. The van der Waals surface area contributed by atoms with Gasteiger partial charge in [-0.3, -0.25) is 14.9 Å².